The van der Waals surface area contributed by atoms with Crippen molar-refractivity contribution in [3.05, 3.63) is 108 Å². The highest BCUT2D eigenvalue weighted by molar-refractivity contribution is 5.94. The molecule has 4 aromatic rings. The number of ether oxygens (including phenoxy) is 1. The molecular weight excluding hydrogens is 393 g/mol. The number of hydrogen-bond donors (Lipinski definition) is 1. The van der Waals surface area contributed by atoms with Gasteiger partial charge in [-0.2, -0.15) is 4.98 Å². The maximum Gasteiger partial charge on any atom is 0.251 e. The van der Waals surface area contributed by atoms with Crippen LogP contribution in [0.1, 0.15) is 21.5 Å². The second-order valence-corrected chi connectivity index (χ2v) is 7.03. The van der Waals surface area contributed by atoms with Crippen LogP contribution < -0.4 is 10.1 Å². The third-order valence-electron chi connectivity index (χ3n) is 4.59. The van der Waals surface area contributed by atoms with Gasteiger partial charge in [-0.05, 0) is 55.0 Å². The van der Waals surface area contributed by atoms with Crippen molar-refractivity contribution in [2.24, 2.45) is 0 Å². The maximum atomic E-state index is 13.1. The Balaban J connectivity index is 1.45. The quantitative estimate of drug-likeness (QED) is 0.465. The van der Waals surface area contributed by atoms with Crippen LogP contribution in [0.3, 0.4) is 0 Å². The summed E-state index contributed by atoms with van der Waals surface area (Å²) >= 11 is 0. The minimum atomic E-state index is -0.325. The first-order valence-corrected chi connectivity index (χ1v) is 9.77. The fourth-order valence-electron chi connectivity index (χ4n) is 3.07. The standard InChI is InChI=1S/C25H20FN3O2/c1-17-4-2-5-18(14-17)16-28-25(30)20-6-3-7-22(15-20)31-23-12-13-27-24(29-23)19-8-10-21(26)11-9-19/h2-15H,16H2,1H3,(H,28,30). The monoisotopic (exact) mass is 413 g/mol. The van der Waals surface area contributed by atoms with E-state index in [1.807, 2.05) is 31.2 Å². The van der Waals surface area contributed by atoms with E-state index in [0.29, 0.717) is 35.1 Å². The number of hydrogen-bond acceptors (Lipinski definition) is 4. The fourth-order valence-corrected chi connectivity index (χ4v) is 3.07. The molecule has 0 saturated carbocycles. The van der Waals surface area contributed by atoms with E-state index in [1.165, 1.54) is 12.1 Å². The molecule has 0 aliphatic heterocycles. The third kappa shape index (κ3) is 5.30. The highest BCUT2D eigenvalue weighted by atomic mass is 19.1. The minimum Gasteiger partial charge on any atom is -0.439 e. The first-order chi connectivity index (χ1) is 15.1. The number of aryl methyl sites for hydroxylation is 1. The van der Waals surface area contributed by atoms with Crippen molar-refractivity contribution in [3.63, 3.8) is 0 Å². The molecule has 6 heteroatoms. The lowest BCUT2D eigenvalue weighted by Crippen LogP contribution is -2.22. The molecule has 0 bridgehead atoms. The molecule has 31 heavy (non-hydrogen) atoms. The summed E-state index contributed by atoms with van der Waals surface area (Å²) < 4.78 is 19.0. The highest BCUT2D eigenvalue weighted by Crippen LogP contribution is 2.23. The van der Waals surface area contributed by atoms with E-state index in [0.717, 1.165) is 11.1 Å². The van der Waals surface area contributed by atoms with Crippen LogP contribution in [0.5, 0.6) is 11.6 Å². The molecule has 1 heterocycles. The van der Waals surface area contributed by atoms with E-state index in [2.05, 4.69) is 15.3 Å². The number of aromatic nitrogens is 2. The van der Waals surface area contributed by atoms with Crippen molar-refractivity contribution in [2.45, 2.75) is 13.5 Å². The van der Waals surface area contributed by atoms with Crippen molar-refractivity contribution in [1.82, 2.24) is 15.3 Å². The number of benzene rings is 3. The number of carbonyl (C=O) groups is 1. The summed E-state index contributed by atoms with van der Waals surface area (Å²) in [6.45, 7) is 2.46. The molecule has 4 rings (SSSR count). The van der Waals surface area contributed by atoms with Gasteiger partial charge in [0.15, 0.2) is 5.82 Å². The summed E-state index contributed by atoms with van der Waals surface area (Å²) in [6, 6.07) is 22.4. The van der Waals surface area contributed by atoms with Gasteiger partial charge in [0, 0.05) is 29.9 Å². The van der Waals surface area contributed by atoms with Crippen LogP contribution in [0.2, 0.25) is 0 Å². The molecule has 0 saturated heterocycles. The third-order valence-corrected chi connectivity index (χ3v) is 4.59. The largest absolute Gasteiger partial charge is 0.439 e. The van der Waals surface area contributed by atoms with Crippen LogP contribution in [0.25, 0.3) is 11.4 Å². The first-order valence-electron chi connectivity index (χ1n) is 9.77. The molecule has 0 aliphatic carbocycles. The lowest BCUT2D eigenvalue weighted by molar-refractivity contribution is 0.0950. The van der Waals surface area contributed by atoms with Crippen molar-refractivity contribution in [1.29, 1.82) is 0 Å². The van der Waals surface area contributed by atoms with Gasteiger partial charge in [-0.15, -0.1) is 0 Å². The molecule has 1 N–H and O–H groups in total. The number of carbonyl (C=O) groups excluding carboxylic acids is 1. The van der Waals surface area contributed by atoms with Crippen molar-refractivity contribution >= 4 is 5.91 Å². The van der Waals surface area contributed by atoms with E-state index in [9.17, 15) is 9.18 Å². The van der Waals surface area contributed by atoms with Gasteiger partial charge in [0.2, 0.25) is 5.88 Å². The maximum absolute atomic E-state index is 13.1. The molecule has 1 aromatic heterocycles. The Morgan fingerprint density at radius 3 is 2.61 bits per heavy atom. The number of nitrogens with one attached hydrogen (secondary N) is 1. The summed E-state index contributed by atoms with van der Waals surface area (Å²) in [5.74, 6) is 0.707. The van der Waals surface area contributed by atoms with Crippen molar-refractivity contribution in [2.75, 3.05) is 0 Å². The number of amides is 1. The zero-order valence-corrected chi connectivity index (χ0v) is 16.9. The van der Waals surface area contributed by atoms with Gasteiger partial charge in [-0.1, -0.05) is 35.9 Å². The molecule has 154 valence electrons. The SMILES string of the molecule is Cc1cccc(CNC(=O)c2cccc(Oc3ccnc(-c4ccc(F)cc4)n3)c2)c1. The van der Waals surface area contributed by atoms with Crippen LogP contribution in [-0.2, 0) is 6.54 Å². The summed E-state index contributed by atoms with van der Waals surface area (Å²) in [7, 11) is 0. The van der Waals surface area contributed by atoms with Crippen LogP contribution in [-0.4, -0.2) is 15.9 Å². The molecule has 3 aromatic carbocycles. The molecular formula is C25H20FN3O2. The Labute approximate surface area is 179 Å². The van der Waals surface area contributed by atoms with Gasteiger partial charge < -0.3 is 10.1 Å². The predicted molar refractivity (Wildman–Crippen MR) is 116 cm³/mol. The first kappa shape index (κ1) is 20.2. The topological polar surface area (TPSA) is 64.1 Å². The van der Waals surface area contributed by atoms with E-state index < -0.39 is 0 Å². The molecule has 0 aliphatic rings. The van der Waals surface area contributed by atoms with Crippen molar-refractivity contribution < 1.29 is 13.9 Å². The predicted octanol–water partition coefficient (Wildman–Crippen LogP) is 5.31. The summed E-state index contributed by atoms with van der Waals surface area (Å²) in [5, 5.41) is 2.92. The Morgan fingerprint density at radius 1 is 1.00 bits per heavy atom. The number of nitrogens with zero attached hydrogens (tertiary/aromatic N) is 2. The Kier molecular flexibility index (Phi) is 5.98. The van der Waals surface area contributed by atoms with Crippen LogP contribution in [0.15, 0.2) is 85.1 Å². The molecule has 0 fully saturated rings. The summed E-state index contributed by atoms with van der Waals surface area (Å²) in [5.41, 5.74) is 3.34. The van der Waals surface area contributed by atoms with Gasteiger partial charge >= 0.3 is 0 Å². The average molecular weight is 413 g/mol. The molecule has 0 unspecified atom stereocenters. The lowest BCUT2D eigenvalue weighted by Gasteiger charge is -2.09. The molecule has 0 radical (unpaired) electrons. The van der Waals surface area contributed by atoms with E-state index in [-0.39, 0.29) is 11.7 Å². The fraction of sp³-hybridized carbons (Fsp3) is 0.0800. The normalized spacial score (nSPS) is 10.5. The van der Waals surface area contributed by atoms with E-state index in [1.54, 1.807) is 48.7 Å². The van der Waals surface area contributed by atoms with Gasteiger partial charge in [-0.25, -0.2) is 9.37 Å². The molecule has 0 spiro atoms. The lowest BCUT2D eigenvalue weighted by atomic mass is 10.1. The molecule has 1 amide bonds. The smallest absolute Gasteiger partial charge is 0.251 e. The molecule has 5 nitrogen and oxygen atoms in total. The van der Waals surface area contributed by atoms with Crippen LogP contribution in [0, 0.1) is 12.7 Å². The minimum absolute atomic E-state index is 0.193. The second kappa shape index (κ2) is 9.17. The van der Waals surface area contributed by atoms with Gasteiger partial charge in [0.1, 0.15) is 11.6 Å². The average Bonchev–Trinajstić information content (AvgIpc) is 2.78. The van der Waals surface area contributed by atoms with Gasteiger partial charge in [-0.3, -0.25) is 4.79 Å². The van der Waals surface area contributed by atoms with Gasteiger partial charge in [0.05, 0.1) is 0 Å². The second-order valence-electron chi connectivity index (χ2n) is 7.03. The zero-order valence-electron chi connectivity index (χ0n) is 16.9. The Morgan fingerprint density at radius 2 is 1.81 bits per heavy atom. The zero-order chi connectivity index (χ0) is 21.6. The van der Waals surface area contributed by atoms with E-state index >= 15 is 0 Å². The highest BCUT2D eigenvalue weighted by Gasteiger charge is 2.09. The molecule has 0 atom stereocenters. The summed E-state index contributed by atoms with van der Waals surface area (Å²) in [4.78, 5) is 21.1. The Bertz CT molecular complexity index is 1210. The van der Waals surface area contributed by atoms with Crippen molar-refractivity contribution in [3.8, 4) is 23.0 Å². The summed E-state index contributed by atoms with van der Waals surface area (Å²) in [6.07, 6.45) is 1.57. The van der Waals surface area contributed by atoms with Gasteiger partial charge in [0.25, 0.3) is 5.91 Å². The van der Waals surface area contributed by atoms with Crippen LogP contribution in [0.4, 0.5) is 4.39 Å². The number of halogens is 1. The van der Waals surface area contributed by atoms with Crippen LogP contribution >= 0.6 is 0 Å². The van der Waals surface area contributed by atoms with E-state index in [4.69, 9.17) is 4.74 Å². The Hall–Kier alpha value is -4.06. The number of rotatable bonds is 6.